The number of nitrogens with one attached hydrogen (secondary N) is 1. The van der Waals surface area contributed by atoms with E-state index in [-0.39, 0.29) is 5.41 Å². The van der Waals surface area contributed by atoms with Crippen molar-refractivity contribution in [1.82, 2.24) is 5.32 Å². The first kappa shape index (κ1) is 15.0. The van der Waals surface area contributed by atoms with E-state index in [1.807, 2.05) is 0 Å². The van der Waals surface area contributed by atoms with E-state index in [0.29, 0.717) is 18.1 Å². The quantitative estimate of drug-likeness (QED) is 0.748. The van der Waals surface area contributed by atoms with Crippen molar-refractivity contribution in [2.45, 2.75) is 66.3 Å². The molecule has 1 fully saturated rings. The van der Waals surface area contributed by atoms with E-state index in [1.54, 1.807) is 0 Å². The highest BCUT2D eigenvalue weighted by Gasteiger charge is 2.37. The average Bonchev–Trinajstić information content (AvgIpc) is 2.55. The summed E-state index contributed by atoms with van der Waals surface area (Å²) in [7, 11) is 0. The molecular formula is C15H31NO. The SMILES string of the molecule is CCC(CC)(CO)CNC1CC(C)(C)CC1C. The Morgan fingerprint density at radius 2 is 1.82 bits per heavy atom. The number of rotatable bonds is 6. The van der Waals surface area contributed by atoms with E-state index in [1.165, 1.54) is 12.8 Å². The van der Waals surface area contributed by atoms with Crippen LogP contribution in [0.3, 0.4) is 0 Å². The van der Waals surface area contributed by atoms with Crippen LogP contribution in [0.15, 0.2) is 0 Å². The Morgan fingerprint density at radius 3 is 2.18 bits per heavy atom. The van der Waals surface area contributed by atoms with Gasteiger partial charge in [-0.25, -0.2) is 0 Å². The molecule has 0 aromatic heterocycles. The lowest BCUT2D eigenvalue weighted by Crippen LogP contribution is -2.42. The Morgan fingerprint density at radius 1 is 1.24 bits per heavy atom. The first-order valence-electron chi connectivity index (χ1n) is 7.22. The molecule has 0 amide bonds. The summed E-state index contributed by atoms with van der Waals surface area (Å²) in [6.07, 6.45) is 4.69. The Kier molecular flexibility index (Phi) is 5.03. The number of aliphatic hydroxyl groups excluding tert-OH is 1. The minimum Gasteiger partial charge on any atom is -0.396 e. The first-order valence-corrected chi connectivity index (χ1v) is 7.22. The highest BCUT2D eigenvalue weighted by Crippen LogP contribution is 2.41. The molecule has 0 radical (unpaired) electrons. The molecule has 2 N–H and O–H groups in total. The van der Waals surface area contributed by atoms with Gasteiger partial charge in [-0.2, -0.15) is 0 Å². The fraction of sp³-hybridized carbons (Fsp3) is 1.00. The Bertz CT molecular complexity index is 225. The van der Waals surface area contributed by atoms with Crippen LogP contribution in [0.5, 0.6) is 0 Å². The molecule has 2 heteroatoms. The van der Waals surface area contributed by atoms with Crippen molar-refractivity contribution in [3.63, 3.8) is 0 Å². The van der Waals surface area contributed by atoms with Gasteiger partial charge < -0.3 is 10.4 Å². The summed E-state index contributed by atoms with van der Waals surface area (Å²) >= 11 is 0. The van der Waals surface area contributed by atoms with Gasteiger partial charge in [0.2, 0.25) is 0 Å². The minimum atomic E-state index is 0.0897. The lowest BCUT2D eigenvalue weighted by molar-refractivity contribution is 0.107. The van der Waals surface area contributed by atoms with Crippen LogP contribution in [-0.4, -0.2) is 24.3 Å². The molecule has 102 valence electrons. The third-order valence-electron chi connectivity index (χ3n) is 4.91. The van der Waals surface area contributed by atoms with Crippen LogP contribution in [0.25, 0.3) is 0 Å². The maximum atomic E-state index is 9.58. The van der Waals surface area contributed by atoms with Crippen molar-refractivity contribution in [2.24, 2.45) is 16.7 Å². The summed E-state index contributed by atoms with van der Waals surface area (Å²) in [5, 5.41) is 13.3. The lowest BCUT2D eigenvalue weighted by Gasteiger charge is -2.32. The van der Waals surface area contributed by atoms with Crippen molar-refractivity contribution >= 4 is 0 Å². The van der Waals surface area contributed by atoms with Gasteiger partial charge in [0.25, 0.3) is 0 Å². The normalized spacial score (nSPS) is 28.6. The molecule has 1 aliphatic rings. The van der Waals surface area contributed by atoms with Crippen LogP contribution in [0.4, 0.5) is 0 Å². The summed E-state index contributed by atoms with van der Waals surface area (Å²) in [4.78, 5) is 0. The summed E-state index contributed by atoms with van der Waals surface area (Å²) < 4.78 is 0. The first-order chi connectivity index (χ1) is 7.88. The third kappa shape index (κ3) is 3.69. The fourth-order valence-corrected chi connectivity index (χ4v) is 3.29. The van der Waals surface area contributed by atoms with Crippen LogP contribution < -0.4 is 5.32 Å². The van der Waals surface area contributed by atoms with Crippen LogP contribution in [0, 0.1) is 16.7 Å². The zero-order valence-electron chi connectivity index (χ0n) is 12.3. The molecular weight excluding hydrogens is 210 g/mol. The predicted octanol–water partition coefficient (Wildman–Crippen LogP) is 3.20. The van der Waals surface area contributed by atoms with Gasteiger partial charge in [-0.3, -0.25) is 0 Å². The standard InChI is InChI=1S/C15H31NO/c1-6-15(7-2,11-17)10-16-13-9-14(4,5)8-12(13)3/h12-13,16-17H,6-11H2,1-5H3. The molecule has 1 saturated carbocycles. The largest absolute Gasteiger partial charge is 0.396 e. The predicted molar refractivity (Wildman–Crippen MR) is 74.1 cm³/mol. The van der Waals surface area contributed by atoms with E-state index < -0.39 is 0 Å². The molecule has 0 aromatic rings. The molecule has 0 aromatic carbocycles. The van der Waals surface area contributed by atoms with E-state index in [0.717, 1.165) is 25.3 Å². The second-order valence-electron chi connectivity index (χ2n) is 6.90. The Balaban J connectivity index is 2.50. The second kappa shape index (κ2) is 5.71. The van der Waals surface area contributed by atoms with Gasteiger partial charge in [0, 0.05) is 24.6 Å². The maximum Gasteiger partial charge on any atom is 0.0499 e. The molecule has 17 heavy (non-hydrogen) atoms. The molecule has 0 heterocycles. The van der Waals surface area contributed by atoms with Gasteiger partial charge in [-0.05, 0) is 37.0 Å². The zero-order valence-corrected chi connectivity index (χ0v) is 12.3. The van der Waals surface area contributed by atoms with E-state index >= 15 is 0 Å². The summed E-state index contributed by atoms with van der Waals surface area (Å²) in [6, 6.07) is 0.633. The molecule has 0 spiro atoms. The summed E-state index contributed by atoms with van der Waals surface area (Å²) in [6.45, 7) is 12.7. The van der Waals surface area contributed by atoms with E-state index in [4.69, 9.17) is 0 Å². The van der Waals surface area contributed by atoms with Gasteiger partial charge in [-0.1, -0.05) is 34.6 Å². The number of hydrogen-bond donors (Lipinski definition) is 2. The number of aliphatic hydroxyl groups is 1. The van der Waals surface area contributed by atoms with E-state index in [2.05, 4.69) is 39.9 Å². The monoisotopic (exact) mass is 241 g/mol. The fourth-order valence-electron chi connectivity index (χ4n) is 3.29. The van der Waals surface area contributed by atoms with Crippen molar-refractivity contribution in [2.75, 3.05) is 13.2 Å². The van der Waals surface area contributed by atoms with Gasteiger partial charge in [0.05, 0.1) is 0 Å². The molecule has 0 aliphatic heterocycles. The number of hydrogen-bond acceptors (Lipinski definition) is 2. The van der Waals surface area contributed by atoms with Crippen LogP contribution >= 0.6 is 0 Å². The molecule has 2 atom stereocenters. The summed E-state index contributed by atoms with van der Waals surface area (Å²) in [5.74, 6) is 0.759. The Labute approximate surface area is 107 Å². The van der Waals surface area contributed by atoms with Crippen molar-refractivity contribution in [1.29, 1.82) is 0 Å². The molecule has 1 aliphatic carbocycles. The Hall–Kier alpha value is -0.0800. The summed E-state index contributed by atoms with van der Waals surface area (Å²) in [5.41, 5.74) is 0.573. The molecule has 2 nitrogen and oxygen atoms in total. The van der Waals surface area contributed by atoms with Crippen LogP contribution in [-0.2, 0) is 0 Å². The third-order valence-corrected chi connectivity index (χ3v) is 4.91. The maximum absolute atomic E-state index is 9.58. The van der Waals surface area contributed by atoms with Crippen molar-refractivity contribution in [3.05, 3.63) is 0 Å². The van der Waals surface area contributed by atoms with Crippen molar-refractivity contribution < 1.29 is 5.11 Å². The van der Waals surface area contributed by atoms with Crippen LogP contribution in [0.1, 0.15) is 60.3 Å². The highest BCUT2D eigenvalue weighted by atomic mass is 16.3. The minimum absolute atomic E-state index is 0.0897. The highest BCUT2D eigenvalue weighted by molar-refractivity contribution is 4.92. The van der Waals surface area contributed by atoms with Crippen LogP contribution in [0.2, 0.25) is 0 Å². The van der Waals surface area contributed by atoms with Gasteiger partial charge in [0.1, 0.15) is 0 Å². The van der Waals surface area contributed by atoms with Gasteiger partial charge in [0.15, 0.2) is 0 Å². The molecule has 1 rings (SSSR count). The smallest absolute Gasteiger partial charge is 0.0499 e. The van der Waals surface area contributed by atoms with Gasteiger partial charge >= 0.3 is 0 Å². The van der Waals surface area contributed by atoms with Gasteiger partial charge in [-0.15, -0.1) is 0 Å². The van der Waals surface area contributed by atoms with Crippen molar-refractivity contribution in [3.8, 4) is 0 Å². The zero-order chi connectivity index (χ0) is 13.1. The second-order valence-corrected chi connectivity index (χ2v) is 6.90. The molecule has 2 unspecified atom stereocenters. The lowest BCUT2D eigenvalue weighted by atomic mass is 9.83. The molecule has 0 saturated heterocycles. The van der Waals surface area contributed by atoms with E-state index in [9.17, 15) is 5.11 Å². The average molecular weight is 241 g/mol. The molecule has 0 bridgehead atoms. The topological polar surface area (TPSA) is 32.3 Å².